The average Bonchev–Trinajstić information content (AvgIpc) is 2.48. The Labute approximate surface area is 139 Å². The Kier molecular flexibility index (Phi) is 3.70. The van der Waals surface area contributed by atoms with Crippen molar-refractivity contribution < 1.29 is 9.36 Å². The molecule has 0 spiro atoms. The van der Waals surface area contributed by atoms with E-state index in [9.17, 15) is 4.79 Å². The van der Waals surface area contributed by atoms with Gasteiger partial charge in [-0.25, -0.2) is 0 Å². The molecule has 0 saturated heterocycles. The Bertz CT molecular complexity index is 557. The van der Waals surface area contributed by atoms with Crippen LogP contribution >= 0.6 is 0 Å². The summed E-state index contributed by atoms with van der Waals surface area (Å²) < 4.78 is 1.97. The van der Waals surface area contributed by atoms with E-state index >= 15 is 0 Å². The lowest BCUT2D eigenvalue weighted by atomic mass is 9.48. The quantitative estimate of drug-likeness (QED) is 0.852. The number of nitrogens with zero attached hydrogens (tertiary/aromatic N) is 1. The summed E-state index contributed by atoms with van der Waals surface area (Å²) in [5.74, 6) is 2.97. The summed E-state index contributed by atoms with van der Waals surface area (Å²) in [6.45, 7) is 4.75. The molecule has 4 aliphatic carbocycles. The monoisotopic (exact) mass is 313 g/mol. The van der Waals surface area contributed by atoms with Crippen molar-refractivity contribution in [2.75, 3.05) is 0 Å². The highest BCUT2D eigenvalue weighted by Gasteiger charge is 2.53. The van der Waals surface area contributed by atoms with Crippen LogP contribution in [-0.2, 0) is 11.3 Å². The summed E-state index contributed by atoms with van der Waals surface area (Å²) >= 11 is 0. The van der Waals surface area contributed by atoms with Gasteiger partial charge in [-0.05, 0) is 81.1 Å². The van der Waals surface area contributed by atoms with Gasteiger partial charge >= 0.3 is 0 Å². The molecule has 1 heterocycles. The first kappa shape index (κ1) is 15.2. The Morgan fingerprint density at radius 2 is 1.70 bits per heavy atom. The second-order valence-corrected chi connectivity index (χ2v) is 8.62. The first-order valence-corrected chi connectivity index (χ1v) is 9.27. The highest BCUT2D eigenvalue weighted by Crippen LogP contribution is 2.61. The van der Waals surface area contributed by atoms with Crippen LogP contribution in [0.5, 0.6) is 0 Å². The highest BCUT2D eigenvalue weighted by atomic mass is 16.2. The predicted molar refractivity (Wildman–Crippen MR) is 89.6 cm³/mol. The number of aryl methyl sites for hydroxylation is 1. The molecule has 0 radical (unpaired) electrons. The fourth-order valence-electron chi connectivity index (χ4n) is 5.95. The fourth-order valence-corrected chi connectivity index (χ4v) is 5.95. The molecule has 1 aromatic heterocycles. The topological polar surface area (TPSA) is 33.0 Å². The third-order valence-corrected chi connectivity index (χ3v) is 6.77. The molecular weight excluding hydrogens is 284 g/mol. The van der Waals surface area contributed by atoms with Gasteiger partial charge in [0.25, 0.3) is 5.91 Å². The summed E-state index contributed by atoms with van der Waals surface area (Å²) in [4.78, 5) is 12.5. The molecule has 4 saturated carbocycles. The second kappa shape index (κ2) is 5.61. The van der Waals surface area contributed by atoms with E-state index in [4.69, 9.17) is 0 Å². The molecule has 1 N–H and O–H groups in total. The second-order valence-electron chi connectivity index (χ2n) is 8.62. The summed E-state index contributed by atoms with van der Waals surface area (Å²) in [5, 5.41) is 3.34. The molecule has 1 aromatic rings. The van der Waals surface area contributed by atoms with Gasteiger partial charge in [0, 0.05) is 18.2 Å². The van der Waals surface area contributed by atoms with Crippen molar-refractivity contribution in [1.29, 1.82) is 0 Å². The van der Waals surface area contributed by atoms with E-state index in [2.05, 4.69) is 31.3 Å². The van der Waals surface area contributed by atoms with E-state index in [0.29, 0.717) is 18.0 Å². The van der Waals surface area contributed by atoms with Gasteiger partial charge in [-0.15, -0.1) is 0 Å². The van der Waals surface area contributed by atoms with Gasteiger partial charge < -0.3 is 5.32 Å². The minimum atomic E-state index is 0.155. The molecule has 1 amide bonds. The SMILES string of the molecule is Cc1cc[n+](CC(=O)N[C@@H](C)C23CC4CC(CC(C4)C2)C3)cc1. The van der Waals surface area contributed by atoms with Crippen LogP contribution in [0.25, 0.3) is 0 Å². The summed E-state index contributed by atoms with van der Waals surface area (Å²) in [6, 6.07) is 4.42. The molecule has 1 atom stereocenters. The van der Waals surface area contributed by atoms with Crippen molar-refractivity contribution in [3.8, 4) is 0 Å². The lowest BCUT2D eigenvalue weighted by molar-refractivity contribution is -0.684. The van der Waals surface area contributed by atoms with Gasteiger partial charge in [-0.1, -0.05) is 0 Å². The molecule has 3 nitrogen and oxygen atoms in total. The molecule has 3 heteroatoms. The predicted octanol–water partition coefficient (Wildman–Crippen LogP) is 3.00. The standard InChI is InChI=1S/C20H28N2O/c1-14-3-5-22(6-4-14)13-19(23)21-15(2)20-10-16-7-17(11-20)9-18(8-16)12-20/h3-6,15-18H,7-13H2,1-2H3/p+1/t15-,16?,17?,18?,20?/m0/s1. The lowest BCUT2D eigenvalue weighted by Gasteiger charge is -2.59. The molecule has 23 heavy (non-hydrogen) atoms. The van der Waals surface area contributed by atoms with Crippen LogP contribution in [0.15, 0.2) is 24.5 Å². The molecular formula is C20H29N2O+. The van der Waals surface area contributed by atoms with Crippen LogP contribution in [0.4, 0.5) is 0 Å². The van der Waals surface area contributed by atoms with Crippen molar-refractivity contribution in [3.05, 3.63) is 30.1 Å². The average molecular weight is 313 g/mol. The Morgan fingerprint density at radius 1 is 1.17 bits per heavy atom. The van der Waals surface area contributed by atoms with E-state index in [1.807, 2.05) is 17.0 Å². The number of carbonyl (C=O) groups excluding carboxylic acids is 1. The number of hydrogen-bond acceptors (Lipinski definition) is 1. The summed E-state index contributed by atoms with van der Waals surface area (Å²) in [5.41, 5.74) is 1.62. The smallest absolute Gasteiger partial charge is 0.286 e. The van der Waals surface area contributed by atoms with Gasteiger partial charge in [-0.2, -0.15) is 4.57 Å². The van der Waals surface area contributed by atoms with Crippen LogP contribution in [0, 0.1) is 30.1 Å². The van der Waals surface area contributed by atoms with Crippen LogP contribution in [0.3, 0.4) is 0 Å². The third-order valence-electron chi connectivity index (χ3n) is 6.77. The maximum atomic E-state index is 12.5. The molecule has 0 aromatic carbocycles. The number of nitrogens with one attached hydrogen (secondary N) is 1. The van der Waals surface area contributed by atoms with E-state index in [-0.39, 0.29) is 5.91 Å². The van der Waals surface area contributed by atoms with Crippen molar-refractivity contribution in [2.45, 2.75) is 65.0 Å². The number of hydrogen-bond donors (Lipinski definition) is 1. The Hall–Kier alpha value is -1.38. The molecule has 0 aliphatic heterocycles. The molecule has 4 aliphatic rings. The van der Waals surface area contributed by atoms with Gasteiger partial charge in [0.2, 0.25) is 6.54 Å². The Balaban J connectivity index is 1.40. The highest BCUT2D eigenvalue weighted by molar-refractivity contribution is 5.74. The number of amides is 1. The molecule has 4 fully saturated rings. The molecule has 4 bridgehead atoms. The van der Waals surface area contributed by atoms with Crippen molar-refractivity contribution >= 4 is 5.91 Å². The summed E-state index contributed by atoms with van der Waals surface area (Å²) in [7, 11) is 0. The number of carbonyl (C=O) groups is 1. The molecule has 5 rings (SSSR count). The summed E-state index contributed by atoms with van der Waals surface area (Å²) in [6.07, 6.45) is 12.4. The van der Waals surface area contributed by atoms with E-state index < -0.39 is 0 Å². The first-order chi connectivity index (χ1) is 11.0. The first-order valence-electron chi connectivity index (χ1n) is 9.27. The minimum Gasteiger partial charge on any atom is -0.348 e. The zero-order chi connectivity index (χ0) is 16.0. The number of aromatic nitrogens is 1. The largest absolute Gasteiger partial charge is 0.348 e. The van der Waals surface area contributed by atoms with Gasteiger partial charge in [0.1, 0.15) is 0 Å². The number of rotatable bonds is 4. The van der Waals surface area contributed by atoms with E-state index in [0.717, 1.165) is 17.8 Å². The van der Waals surface area contributed by atoms with Crippen LogP contribution in [-0.4, -0.2) is 11.9 Å². The van der Waals surface area contributed by atoms with E-state index in [1.165, 1.54) is 44.1 Å². The van der Waals surface area contributed by atoms with Crippen molar-refractivity contribution in [1.82, 2.24) is 5.32 Å². The molecule has 0 unspecified atom stereocenters. The van der Waals surface area contributed by atoms with E-state index in [1.54, 1.807) is 0 Å². The van der Waals surface area contributed by atoms with Gasteiger partial charge in [-0.3, -0.25) is 4.79 Å². The van der Waals surface area contributed by atoms with Crippen LogP contribution < -0.4 is 9.88 Å². The van der Waals surface area contributed by atoms with Crippen LogP contribution in [0.1, 0.15) is 51.0 Å². The maximum absolute atomic E-state index is 12.5. The number of pyridine rings is 1. The minimum absolute atomic E-state index is 0.155. The van der Waals surface area contributed by atoms with Gasteiger partial charge in [0.15, 0.2) is 12.4 Å². The Morgan fingerprint density at radius 3 is 2.22 bits per heavy atom. The zero-order valence-electron chi connectivity index (χ0n) is 14.4. The third kappa shape index (κ3) is 2.90. The maximum Gasteiger partial charge on any atom is 0.286 e. The van der Waals surface area contributed by atoms with Crippen LogP contribution in [0.2, 0.25) is 0 Å². The van der Waals surface area contributed by atoms with Crippen molar-refractivity contribution in [3.63, 3.8) is 0 Å². The van der Waals surface area contributed by atoms with Gasteiger partial charge in [0.05, 0.1) is 0 Å². The lowest BCUT2D eigenvalue weighted by Crippen LogP contribution is -2.57. The zero-order valence-corrected chi connectivity index (χ0v) is 14.4. The normalized spacial score (nSPS) is 36.0. The van der Waals surface area contributed by atoms with Crippen molar-refractivity contribution in [2.24, 2.45) is 23.2 Å². The fraction of sp³-hybridized carbons (Fsp3) is 0.700. The molecule has 124 valence electrons.